The lowest BCUT2D eigenvalue weighted by Gasteiger charge is -2.42. The van der Waals surface area contributed by atoms with Gasteiger partial charge in [0, 0.05) is 23.6 Å². The predicted molar refractivity (Wildman–Crippen MR) is 127 cm³/mol. The molecule has 1 amide bonds. The molecule has 3 rings (SSSR count). The summed E-state index contributed by atoms with van der Waals surface area (Å²) in [5, 5.41) is 44.9. The van der Waals surface area contributed by atoms with Crippen LogP contribution < -0.4 is 16.6 Å². The van der Waals surface area contributed by atoms with E-state index in [0.717, 1.165) is 16.8 Å². The van der Waals surface area contributed by atoms with Gasteiger partial charge in [0.2, 0.25) is 5.91 Å². The van der Waals surface area contributed by atoms with Crippen molar-refractivity contribution in [2.45, 2.75) is 55.5 Å². The average molecular weight is 632 g/mol. The molecule has 2 fully saturated rings. The van der Waals surface area contributed by atoms with Gasteiger partial charge in [0.15, 0.2) is 12.5 Å². The monoisotopic (exact) mass is 632 g/mol. The fraction of sp³-hybridized carbons (Fsp3) is 0.706. The zero-order valence-corrected chi connectivity index (χ0v) is 22.3. The molecule has 1 aromatic heterocycles. The van der Waals surface area contributed by atoms with Gasteiger partial charge in [0.05, 0.1) is 19.3 Å². The Morgan fingerprint density at radius 1 is 1.22 bits per heavy atom. The minimum absolute atomic E-state index is 0.237. The van der Waals surface area contributed by atoms with Gasteiger partial charge in [-0.3, -0.25) is 28.2 Å². The van der Waals surface area contributed by atoms with Crippen LogP contribution in [-0.2, 0) is 36.8 Å². The molecule has 22 nitrogen and oxygen atoms in total. The van der Waals surface area contributed by atoms with Gasteiger partial charge in [-0.05, 0) is 5.53 Å². The van der Waals surface area contributed by atoms with Crippen LogP contribution in [0.3, 0.4) is 0 Å². The van der Waals surface area contributed by atoms with Crippen molar-refractivity contribution < 1.29 is 67.0 Å². The zero-order chi connectivity index (χ0) is 30.5. The summed E-state index contributed by atoms with van der Waals surface area (Å²) in [7, 11) is -11.1. The Morgan fingerprint density at radius 2 is 1.93 bits per heavy atom. The molecule has 2 aliphatic heterocycles. The summed E-state index contributed by atoms with van der Waals surface area (Å²) in [5.41, 5.74) is 6.71. The molecule has 0 radical (unpaired) electrons. The molecule has 3 heterocycles. The summed E-state index contributed by atoms with van der Waals surface area (Å²) < 4.78 is 49.8. The molecule has 230 valence electrons. The van der Waals surface area contributed by atoms with Crippen molar-refractivity contribution in [1.29, 1.82) is 0 Å². The molecular formula is C17H26N6O16P2. The Balaban J connectivity index is 1.64. The number of aromatic amines is 1. The number of aliphatic hydroxyl groups is 4. The van der Waals surface area contributed by atoms with Crippen LogP contribution in [0.25, 0.3) is 10.4 Å². The van der Waals surface area contributed by atoms with Gasteiger partial charge in [-0.2, -0.15) is 4.31 Å². The molecule has 1 aromatic rings. The molecule has 0 aliphatic carbocycles. The van der Waals surface area contributed by atoms with Crippen molar-refractivity contribution in [3.8, 4) is 0 Å². The van der Waals surface area contributed by atoms with Crippen LogP contribution in [0.5, 0.6) is 0 Å². The molecule has 0 saturated carbocycles. The number of carbonyl (C=O) groups excluding carboxylic acids is 1. The topological polar surface area (TPSA) is 334 Å². The van der Waals surface area contributed by atoms with E-state index in [1.807, 2.05) is 10.3 Å². The van der Waals surface area contributed by atoms with E-state index >= 15 is 0 Å². The van der Waals surface area contributed by atoms with E-state index in [0.29, 0.717) is 0 Å². The van der Waals surface area contributed by atoms with Crippen molar-refractivity contribution in [3.63, 3.8) is 0 Å². The highest BCUT2D eigenvalue weighted by molar-refractivity contribution is 7.61. The van der Waals surface area contributed by atoms with Crippen molar-refractivity contribution in [1.82, 2.24) is 14.9 Å². The highest BCUT2D eigenvalue weighted by Crippen LogP contribution is 2.61. The fourth-order valence-corrected chi connectivity index (χ4v) is 6.03. The quantitative estimate of drug-likeness (QED) is 0.0483. The van der Waals surface area contributed by atoms with Gasteiger partial charge in [0.25, 0.3) is 5.56 Å². The molecule has 2 aliphatic rings. The van der Waals surface area contributed by atoms with E-state index in [1.54, 1.807) is 0 Å². The second-order valence-electron chi connectivity index (χ2n) is 8.58. The van der Waals surface area contributed by atoms with E-state index in [1.165, 1.54) is 0 Å². The van der Waals surface area contributed by atoms with Gasteiger partial charge < -0.3 is 45.0 Å². The molecule has 41 heavy (non-hydrogen) atoms. The first-order valence-corrected chi connectivity index (χ1v) is 14.4. The number of ether oxygens (including phenoxy) is 2. The molecular weight excluding hydrogens is 606 g/mol. The lowest BCUT2D eigenvalue weighted by molar-refractivity contribution is -0.247. The Kier molecular flexibility index (Phi) is 11.0. The number of phosphoric ester groups is 2. The second-order valence-corrected chi connectivity index (χ2v) is 11.6. The van der Waals surface area contributed by atoms with Gasteiger partial charge >= 0.3 is 21.3 Å². The van der Waals surface area contributed by atoms with Crippen molar-refractivity contribution in [2.24, 2.45) is 5.11 Å². The normalized spacial score (nSPS) is 32.8. The van der Waals surface area contributed by atoms with Crippen LogP contribution in [0, 0.1) is 0 Å². The summed E-state index contributed by atoms with van der Waals surface area (Å²) in [5.74, 6) is -1.05. The second kappa shape index (κ2) is 13.6. The van der Waals surface area contributed by atoms with E-state index in [9.17, 15) is 53.7 Å². The standard InChI is InChI=1S/C17H26N6O16P2/c18-22-19-4-11(27)20-12-14(29)13(28)9(5-24)37-16(12)38-41(33,34)39-40(31,32)35-6-7-3-8(25)15(36-7)23-2-1-10(26)21-17(23)30/h1-2,7-9,12-16,24-25,28-29H,3-6H2,(H,20,27)(H,31,32)(H,33,34)(H,21,26,30)/t7-,8-,9?,12?,13-,14+,15+,16+/m0/s1. The number of nitrogens with zero attached hydrogens (tertiary/aromatic N) is 4. The molecule has 0 aromatic carbocycles. The minimum atomic E-state index is -5.65. The van der Waals surface area contributed by atoms with E-state index in [-0.39, 0.29) is 6.42 Å². The van der Waals surface area contributed by atoms with Gasteiger partial charge in [-0.15, -0.1) is 0 Å². The molecule has 4 unspecified atom stereocenters. The highest BCUT2D eigenvalue weighted by Gasteiger charge is 2.49. The van der Waals surface area contributed by atoms with Crippen LogP contribution in [0.1, 0.15) is 12.6 Å². The predicted octanol–water partition coefficient (Wildman–Crippen LogP) is -3.33. The van der Waals surface area contributed by atoms with E-state index in [2.05, 4.69) is 23.4 Å². The third-order valence-corrected chi connectivity index (χ3v) is 8.24. The lowest BCUT2D eigenvalue weighted by Crippen LogP contribution is -2.64. The number of nitrogens with one attached hydrogen (secondary N) is 2. The van der Waals surface area contributed by atoms with Gasteiger partial charge in [-0.1, -0.05) is 5.11 Å². The number of hydrogen-bond acceptors (Lipinski definition) is 15. The largest absolute Gasteiger partial charge is 0.483 e. The first-order valence-electron chi connectivity index (χ1n) is 11.4. The third-order valence-electron chi connectivity index (χ3n) is 5.64. The average Bonchev–Trinajstić information content (AvgIpc) is 3.25. The summed E-state index contributed by atoms with van der Waals surface area (Å²) >= 11 is 0. The fourth-order valence-electron chi connectivity index (χ4n) is 3.85. The molecule has 2 saturated heterocycles. The van der Waals surface area contributed by atoms with Gasteiger partial charge in [0.1, 0.15) is 37.0 Å². The Labute approximate surface area is 227 Å². The lowest BCUT2D eigenvalue weighted by atomic mass is 9.97. The molecule has 24 heteroatoms. The number of aliphatic hydroxyl groups excluding tert-OH is 4. The number of rotatable bonds is 12. The third kappa shape index (κ3) is 8.74. The van der Waals surface area contributed by atoms with E-state index in [4.69, 9.17) is 15.0 Å². The Morgan fingerprint density at radius 3 is 2.56 bits per heavy atom. The van der Waals surface area contributed by atoms with Crippen LogP contribution in [0.15, 0.2) is 27.0 Å². The number of aromatic nitrogens is 2. The minimum Gasteiger partial charge on any atom is -0.394 e. The van der Waals surface area contributed by atoms with Crippen molar-refractivity contribution in [3.05, 3.63) is 43.5 Å². The maximum atomic E-state index is 12.5. The molecule has 0 bridgehead atoms. The summed E-state index contributed by atoms with van der Waals surface area (Å²) in [6, 6.07) is -0.844. The number of H-pyrrole nitrogens is 1. The first-order chi connectivity index (χ1) is 19.2. The summed E-state index contributed by atoms with van der Waals surface area (Å²) in [6.07, 6.45) is -10.6. The van der Waals surface area contributed by atoms with Gasteiger partial charge in [-0.25, -0.2) is 13.9 Å². The number of carbonyl (C=O) groups is 1. The first kappa shape index (κ1) is 33.0. The summed E-state index contributed by atoms with van der Waals surface area (Å²) in [4.78, 5) is 59.4. The van der Waals surface area contributed by atoms with E-state index < -0.39 is 102 Å². The number of azide groups is 1. The number of hydrogen-bond donors (Lipinski definition) is 8. The maximum Gasteiger partial charge on any atom is 0.483 e. The highest BCUT2D eigenvalue weighted by atomic mass is 31.3. The smallest absolute Gasteiger partial charge is 0.394 e. The Bertz CT molecular complexity index is 1350. The Hall–Kier alpha value is -2.52. The SMILES string of the molecule is [N-]=[N+]=NCC(=O)NC1[C@@H](OP(=O)(O)OP(=O)(O)OC[C@@H]2C[C@H](O)[C@H](n3ccc(=O)[nH]c3=O)O2)OC(CO)[C@H](O)[C@@H]1O. The molecule has 8 N–H and O–H groups in total. The van der Waals surface area contributed by atoms with Crippen molar-refractivity contribution >= 4 is 21.6 Å². The van der Waals surface area contributed by atoms with Crippen LogP contribution in [0.2, 0.25) is 0 Å². The zero-order valence-electron chi connectivity index (χ0n) is 20.6. The maximum absolute atomic E-state index is 12.5. The molecule has 0 spiro atoms. The number of phosphoric acid groups is 2. The van der Waals surface area contributed by atoms with Crippen LogP contribution >= 0.6 is 15.6 Å². The van der Waals surface area contributed by atoms with Crippen LogP contribution in [-0.4, -0.2) is 108 Å². The molecule has 10 atom stereocenters. The van der Waals surface area contributed by atoms with Crippen molar-refractivity contribution in [2.75, 3.05) is 19.8 Å². The number of amides is 1. The van der Waals surface area contributed by atoms with Crippen LogP contribution in [0.4, 0.5) is 0 Å². The summed E-state index contributed by atoms with van der Waals surface area (Å²) in [6.45, 7) is -2.54.